The number of aryl methyl sites for hydroxylation is 1. The number of carbonyl (C=O) groups excluding carboxylic acids is 1. The lowest BCUT2D eigenvalue weighted by molar-refractivity contribution is -0.122. The topological polar surface area (TPSA) is 34.9 Å². The summed E-state index contributed by atoms with van der Waals surface area (Å²) in [5.74, 6) is 0.375. The molecule has 0 atom stereocenters. The Morgan fingerprint density at radius 2 is 2.06 bits per heavy atom. The largest absolute Gasteiger partial charge is 0.297 e. The van der Waals surface area contributed by atoms with Gasteiger partial charge in [-0.1, -0.05) is 13.8 Å². The van der Waals surface area contributed by atoms with Gasteiger partial charge in [0, 0.05) is 11.6 Å². The molecule has 1 aromatic heterocycles. The van der Waals surface area contributed by atoms with E-state index in [1.165, 1.54) is 24.1 Å². The molecule has 0 radical (unpaired) electrons. The fourth-order valence-corrected chi connectivity index (χ4v) is 2.33. The molecule has 0 amide bonds. The SMILES string of the molecule is Cc1nn(CC(=O)C(C)C)c2c1CCCC2. The van der Waals surface area contributed by atoms with Crippen LogP contribution in [0.3, 0.4) is 0 Å². The van der Waals surface area contributed by atoms with Gasteiger partial charge < -0.3 is 0 Å². The Morgan fingerprint density at radius 1 is 1.38 bits per heavy atom. The lowest BCUT2D eigenvalue weighted by Crippen LogP contribution is -2.19. The lowest BCUT2D eigenvalue weighted by atomic mass is 9.96. The summed E-state index contributed by atoms with van der Waals surface area (Å²) in [4.78, 5) is 11.7. The Morgan fingerprint density at radius 3 is 2.75 bits per heavy atom. The quantitative estimate of drug-likeness (QED) is 0.783. The van der Waals surface area contributed by atoms with Crippen molar-refractivity contribution in [1.29, 1.82) is 0 Å². The summed E-state index contributed by atoms with van der Waals surface area (Å²) in [5, 5.41) is 4.51. The normalized spacial score (nSPS) is 15.2. The summed E-state index contributed by atoms with van der Waals surface area (Å²) in [6.07, 6.45) is 4.71. The van der Waals surface area contributed by atoms with Crippen LogP contribution in [0, 0.1) is 12.8 Å². The first-order chi connectivity index (χ1) is 7.59. The van der Waals surface area contributed by atoms with Gasteiger partial charge in [-0.05, 0) is 38.2 Å². The molecule has 0 unspecified atom stereocenters. The molecule has 0 saturated heterocycles. The van der Waals surface area contributed by atoms with Crippen LogP contribution in [0.1, 0.15) is 43.6 Å². The van der Waals surface area contributed by atoms with Gasteiger partial charge in [-0.3, -0.25) is 9.48 Å². The summed E-state index contributed by atoms with van der Waals surface area (Å²) in [7, 11) is 0. The van der Waals surface area contributed by atoms with Gasteiger partial charge in [0.15, 0.2) is 5.78 Å². The summed E-state index contributed by atoms with van der Waals surface area (Å²) < 4.78 is 1.94. The molecule has 3 nitrogen and oxygen atoms in total. The highest BCUT2D eigenvalue weighted by Gasteiger charge is 2.20. The molecule has 3 heteroatoms. The van der Waals surface area contributed by atoms with Gasteiger partial charge >= 0.3 is 0 Å². The first-order valence-corrected chi connectivity index (χ1v) is 6.17. The molecule has 0 bridgehead atoms. The van der Waals surface area contributed by atoms with Crippen molar-refractivity contribution >= 4 is 5.78 Å². The second-order valence-electron chi connectivity index (χ2n) is 5.00. The fraction of sp³-hybridized carbons (Fsp3) is 0.692. The van der Waals surface area contributed by atoms with Crippen molar-refractivity contribution in [2.75, 3.05) is 0 Å². The van der Waals surface area contributed by atoms with Crippen LogP contribution in [0.4, 0.5) is 0 Å². The van der Waals surface area contributed by atoms with E-state index < -0.39 is 0 Å². The van der Waals surface area contributed by atoms with Crippen molar-refractivity contribution in [1.82, 2.24) is 9.78 Å². The molecule has 16 heavy (non-hydrogen) atoms. The van der Waals surface area contributed by atoms with Gasteiger partial charge in [-0.15, -0.1) is 0 Å². The van der Waals surface area contributed by atoms with Crippen LogP contribution < -0.4 is 0 Å². The molecule has 0 saturated carbocycles. The standard InChI is InChI=1S/C13H20N2O/c1-9(2)13(16)8-15-12-7-5-4-6-11(12)10(3)14-15/h9H,4-8H2,1-3H3. The van der Waals surface area contributed by atoms with Gasteiger partial charge in [-0.25, -0.2) is 0 Å². The molecule has 0 aromatic carbocycles. The van der Waals surface area contributed by atoms with E-state index in [0.717, 1.165) is 18.5 Å². The minimum absolute atomic E-state index is 0.101. The van der Waals surface area contributed by atoms with Gasteiger partial charge in [0.2, 0.25) is 0 Å². The lowest BCUT2D eigenvalue weighted by Gasteiger charge is -2.14. The highest BCUT2D eigenvalue weighted by atomic mass is 16.1. The van der Waals surface area contributed by atoms with Crippen LogP contribution in [0.5, 0.6) is 0 Å². The number of hydrogen-bond donors (Lipinski definition) is 0. The Bertz CT molecular complexity index is 404. The summed E-state index contributed by atoms with van der Waals surface area (Å²) >= 11 is 0. The molecule has 88 valence electrons. The molecule has 1 aromatic rings. The fourth-order valence-electron chi connectivity index (χ4n) is 2.33. The van der Waals surface area contributed by atoms with Gasteiger partial charge in [0.1, 0.15) is 6.54 Å². The third kappa shape index (κ3) is 2.04. The molecule has 0 spiro atoms. The van der Waals surface area contributed by atoms with Crippen molar-refractivity contribution in [3.05, 3.63) is 17.0 Å². The maximum Gasteiger partial charge on any atom is 0.156 e. The third-order valence-electron chi connectivity index (χ3n) is 3.41. The Kier molecular flexibility index (Phi) is 3.13. The van der Waals surface area contributed by atoms with E-state index in [-0.39, 0.29) is 11.7 Å². The van der Waals surface area contributed by atoms with Crippen LogP contribution in [-0.4, -0.2) is 15.6 Å². The number of aromatic nitrogens is 2. The number of hydrogen-bond acceptors (Lipinski definition) is 2. The number of nitrogens with zero attached hydrogens (tertiary/aromatic N) is 2. The molecular weight excluding hydrogens is 200 g/mol. The van der Waals surface area contributed by atoms with E-state index in [1.54, 1.807) is 0 Å². The summed E-state index contributed by atoms with van der Waals surface area (Å²) in [6.45, 7) is 6.41. The smallest absolute Gasteiger partial charge is 0.156 e. The Balaban J connectivity index is 2.25. The maximum atomic E-state index is 11.7. The van der Waals surface area contributed by atoms with Crippen molar-refractivity contribution < 1.29 is 4.79 Å². The predicted octanol–water partition coefficient (Wildman–Crippen LogP) is 2.30. The van der Waals surface area contributed by atoms with E-state index in [9.17, 15) is 4.79 Å². The van der Waals surface area contributed by atoms with Crippen LogP contribution in [0.2, 0.25) is 0 Å². The van der Waals surface area contributed by atoms with Gasteiger partial charge in [-0.2, -0.15) is 5.10 Å². The van der Waals surface area contributed by atoms with Crippen molar-refractivity contribution in [3.63, 3.8) is 0 Å². The summed E-state index contributed by atoms with van der Waals surface area (Å²) in [5.41, 5.74) is 3.81. The zero-order chi connectivity index (χ0) is 11.7. The monoisotopic (exact) mass is 220 g/mol. The molecule has 2 rings (SSSR count). The van der Waals surface area contributed by atoms with E-state index >= 15 is 0 Å². The number of ketones is 1. The highest BCUT2D eigenvalue weighted by Crippen LogP contribution is 2.24. The average molecular weight is 220 g/mol. The minimum atomic E-state index is 0.101. The Hall–Kier alpha value is -1.12. The second kappa shape index (κ2) is 4.40. The third-order valence-corrected chi connectivity index (χ3v) is 3.41. The average Bonchev–Trinajstić information content (AvgIpc) is 2.57. The van der Waals surface area contributed by atoms with E-state index in [2.05, 4.69) is 12.0 Å². The van der Waals surface area contributed by atoms with Crippen LogP contribution >= 0.6 is 0 Å². The first-order valence-electron chi connectivity index (χ1n) is 6.17. The molecule has 0 aliphatic heterocycles. The van der Waals surface area contributed by atoms with Crippen LogP contribution in [0.15, 0.2) is 0 Å². The Labute approximate surface area is 96.8 Å². The van der Waals surface area contributed by atoms with Gasteiger partial charge in [0.25, 0.3) is 0 Å². The minimum Gasteiger partial charge on any atom is -0.297 e. The van der Waals surface area contributed by atoms with E-state index in [4.69, 9.17) is 0 Å². The predicted molar refractivity (Wildman–Crippen MR) is 63.5 cm³/mol. The number of carbonyl (C=O) groups is 1. The first kappa shape index (κ1) is 11.4. The zero-order valence-corrected chi connectivity index (χ0v) is 10.4. The van der Waals surface area contributed by atoms with Crippen molar-refractivity contribution in [2.45, 2.75) is 53.0 Å². The van der Waals surface area contributed by atoms with Crippen molar-refractivity contribution in [2.24, 2.45) is 5.92 Å². The highest BCUT2D eigenvalue weighted by molar-refractivity contribution is 5.80. The molecule has 1 aliphatic rings. The number of fused-ring (bicyclic) bond motifs is 1. The molecule has 1 aliphatic carbocycles. The molecule has 1 heterocycles. The van der Waals surface area contributed by atoms with Crippen LogP contribution in [-0.2, 0) is 24.2 Å². The van der Waals surface area contributed by atoms with E-state index in [0.29, 0.717) is 6.54 Å². The zero-order valence-electron chi connectivity index (χ0n) is 10.4. The molecule has 0 fully saturated rings. The second-order valence-corrected chi connectivity index (χ2v) is 5.00. The number of Topliss-reactive ketones (excluding diaryl/α,β-unsaturated/α-hetero) is 1. The van der Waals surface area contributed by atoms with Gasteiger partial charge in [0.05, 0.1) is 5.69 Å². The molecule has 0 N–H and O–H groups in total. The summed E-state index contributed by atoms with van der Waals surface area (Å²) in [6, 6.07) is 0. The van der Waals surface area contributed by atoms with Crippen molar-refractivity contribution in [3.8, 4) is 0 Å². The molecular formula is C13H20N2O. The van der Waals surface area contributed by atoms with Crippen LogP contribution in [0.25, 0.3) is 0 Å². The number of rotatable bonds is 3. The maximum absolute atomic E-state index is 11.7. The van der Waals surface area contributed by atoms with E-state index in [1.807, 2.05) is 18.5 Å².